The van der Waals surface area contributed by atoms with E-state index < -0.39 is 0 Å². The normalized spacial score (nSPS) is 20.6. The molecule has 2 fully saturated rings. The van der Waals surface area contributed by atoms with Gasteiger partial charge in [-0.15, -0.1) is 0 Å². The molecule has 2 aliphatic rings. The van der Waals surface area contributed by atoms with Gasteiger partial charge in [-0.1, -0.05) is 55.8 Å². The SMILES string of the molecule is c1cc2cn[nH]c2cc1CNC1(c2noc(C3CCCC3)n2)CCCCCC1. The molecule has 6 heteroatoms. The molecule has 0 saturated heterocycles. The Bertz CT molecular complexity index is 916. The predicted molar refractivity (Wildman–Crippen MR) is 108 cm³/mol. The van der Waals surface area contributed by atoms with Gasteiger partial charge in [0.15, 0.2) is 5.82 Å². The summed E-state index contributed by atoms with van der Waals surface area (Å²) in [5.74, 6) is 2.20. The number of hydrogen-bond acceptors (Lipinski definition) is 5. The Kier molecular flexibility index (Phi) is 4.89. The average Bonchev–Trinajstić information content (AvgIpc) is 3.46. The van der Waals surface area contributed by atoms with Crippen LogP contribution in [0.5, 0.6) is 0 Å². The number of nitrogens with one attached hydrogen (secondary N) is 2. The van der Waals surface area contributed by atoms with Crippen LogP contribution in [0.3, 0.4) is 0 Å². The molecule has 2 aliphatic carbocycles. The van der Waals surface area contributed by atoms with Gasteiger partial charge in [-0.25, -0.2) is 0 Å². The van der Waals surface area contributed by atoms with Crippen molar-refractivity contribution in [3.8, 4) is 0 Å². The molecule has 0 aliphatic heterocycles. The number of H-pyrrole nitrogens is 1. The topological polar surface area (TPSA) is 79.6 Å². The molecule has 2 heterocycles. The number of aromatic nitrogens is 4. The van der Waals surface area contributed by atoms with E-state index in [4.69, 9.17) is 9.51 Å². The minimum atomic E-state index is -0.181. The molecule has 1 aromatic carbocycles. The average molecular weight is 380 g/mol. The van der Waals surface area contributed by atoms with Crippen molar-refractivity contribution < 1.29 is 4.52 Å². The van der Waals surface area contributed by atoms with Crippen molar-refractivity contribution >= 4 is 10.9 Å². The highest BCUT2D eigenvalue weighted by atomic mass is 16.5. The highest BCUT2D eigenvalue weighted by molar-refractivity contribution is 5.78. The fourth-order valence-electron chi connectivity index (χ4n) is 4.95. The summed E-state index contributed by atoms with van der Waals surface area (Å²) in [6.45, 7) is 0.794. The number of fused-ring (bicyclic) bond motifs is 1. The summed E-state index contributed by atoms with van der Waals surface area (Å²) in [5.41, 5.74) is 2.15. The molecule has 0 atom stereocenters. The van der Waals surface area contributed by atoms with Gasteiger partial charge in [0.1, 0.15) is 0 Å². The highest BCUT2D eigenvalue weighted by Gasteiger charge is 2.38. The van der Waals surface area contributed by atoms with E-state index in [0.717, 1.165) is 42.0 Å². The molecule has 0 spiro atoms. The van der Waals surface area contributed by atoms with E-state index in [0.29, 0.717) is 5.92 Å². The van der Waals surface area contributed by atoms with Crippen LogP contribution < -0.4 is 5.32 Å². The van der Waals surface area contributed by atoms with Gasteiger partial charge in [0.25, 0.3) is 0 Å². The van der Waals surface area contributed by atoms with E-state index in [1.807, 2.05) is 6.20 Å². The van der Waals surface area contributed by atoms with Crippen molar-refractivity contribution in [2.75, 3.05) is 0 Å². The number of benzene rings is 1. The lowest BCUT2D eigenvalue weighted by Gasteiger charge is -2.31. The van der Waals surface area contributed by atoms with E-state index in [1.165, 1.54) is 56.9 Å². The molecule has 28 heavy (non-hydrogen) atoms. The zero-order valence-electron chi connectivity index (χ0n) is 16.4. The summed E-state index contributed by atoms with van der Waals surface area (Å²) < 4.78 is 5.75. The minimum absolute atomic E-state index is 0.181. The molecule has 0 radical (unpaired) electrons. The first-order valence-corrected chi connectivity index (χ1v) is 10.8. The second-order valence-corrected chi connectivity index (χ2v) is 8.58. The fraction of sp³-hybridized carbons (Fsp3) is 0.591. The summed E-state index contributed by atoms with van der Waals surface area (Å²) in [6.07, 6.45) is 13.9. The van der Waals surface area contributed by atoms with Crippen LogP contribution in [-0.4, -0.2) is 20.3 Å². The summed E-state index contributed by atoms with van der Waals surface area (Å²) in [6, 6.07) is 6.48. The molecule has 0 unspecified atom stereocenters. The molecule has 2 N–H and O–H groups in total. The van der Waals surface area contributed by atoms with Crippen LogP contribution in [0, 0.1) is 0 Å². The second-order valence-electron chi connectivity index (χ2n) is 8.58. The van der Waals surface area contributed by atoms with E-state index in [-0.39, 0.29) is 5.54 Å². The standard InChI is InChI=1S/C22H29N5O/c1-2-6-12-22(11-5-1,21-25-20(28-27-21)17-7-3-4-8-17)23-14-16-9-10-18-15-24-26-19(18)13-16/h9-10,13,15,17,23H,1-8,11-12,14H2,(H,24,26). The lowest BCUT2D eigenvalue weighted by atomic mass is 9.88. The highest BCUT2D eigenvalue weighted by Crippen LogP contribution is 2.38. The van der Waals surface area contributed by atoms with Crippen molar-refractivity contribution in [1.29, 1.82) is 0 Å². The number of rotatable bonds is 5. The Balaban J connectivity index is 1.39. The fourth-order valence-corrected chi connectivity index (χ4v) is 4.95. The monoisotopic (exact) mass is 379 g/mol. The maximum atomic E-state index is 5.75. The lowest BCUT2D eigenvalue weighted by molar-refractivity contribution is 0.256. The van der Waals surface area contributed by atoms with E-state index in [1.54, 1.807) is 0 Å². The Morgan fingerprint density at radius 1 is 1.07 bits per heavy atom. The molecule has 2 aromatic heterocycles. The van der Waals surface area contributed by atoms with Crippen LogP contribution in [0.2, 0.25) is 0 Å². The van der Waals surface area contributed by atoms with Crippen LogP contribution in [0.4, 0.5) is 0 Å². The van der Waals surface area contributed by atoms with Crippen LogP contribution in [0.1, 0.15) is 87.4 Å². The van der Waals surface area contributed by atoms with E-state index >= 15 is 0 Å². The van der Waals surface area contributed by atoms with Gasteiger partial charge >= 0.3 is 0 Å². The largest absolute Gasteiger partial charge is 0.339 e. The number of nitrogens with zero attached hydrogens (tertiary/aromatic N) is 3. The number of aromatic amines is 1. The van der Waals surface area contributed by atoms with Crippen molar-refractivity contribution in [2.24, 2.45) is 0 Å². The molecule has 3 aromatic rings. The predicted octanol–water partition coefficient (Wildman–Crippen LogP) is 4.94. The summed E-state index contributed by atoms with van der Waals surface area (Å²) in [4.78, 5) is 4.93. The zero-order valence-corrected chi connectivity index (χ0v) is 16.4. The molecule has 6 nitrogen and oxygen atoms in total. The van der Waals surface area contributed by atoms with Gasteiger partial charge in [0.05, 0.1) is 17.3 Å². The maximum absolute atomic E-state index is 5.75. The first-order chi connectivity index (χ1) is 13.8. The molecule has 0 bridgehead atoms. The van der Waals surface area contributed by atoms with Crippen molar-refractivity contribution in [1.82, 2.24) is 25.7 Å². The Labute approximate surface area is 165 Å². The van der Waals surface area contributed by atoms with Gasteiger partial charge in [-0.2, -0.15) is 10.1 Å². The molecule has 5 rings (SSSR count). The van der Waals surface area contributed by atoms with Crippen molar-refractivity contribution in [3.63, 3.8) is 0 Å². The molecule has 148 valence electrons. The van der Waals surface area contributed by atoms with E-state index in [9.17, 15) is 0 Å². The second kappa shape index (κ2) is 7.66. The van der Waals surface area contributed by atoms with Gasteiger partial charge < -0.3 is 9.84 Å². The third-order valence-electron chi connectivity index (χ3n) is 6.67. The maximum Gasteiger partial charge on any atom is 0.229 e. The van der Waals surface area contributed by atoms with Gasteiger partial charge in [-0.05, 0) is 37.3 Å². The quantitative estimate of drug-likeness (QED) is 0.614. The molecular formula is C22H29N5O. The van der Waals surface area contributed by atoms with Crippen LogP contribution in [-0.2, 0) is 12.1 Å². The molecule has 0 amide bonds. The van der Waals surface area contributed by atoms with E-state index in [2.05, 4.69) is 38.9 Å². The number of hydrogen-bond donors (Lipinski definition) is 2. The van der Waals surface area contributed by atoms with Gasteiger partial charge in [0, 0.05) is 17.8 Å². The first kappa shape index (κ1) is 17.9. The molecule has 2 saturated carbocycles. The van der Waals surface area contributed by atoms with Crippen molar-refractivity contribution in [2.45, 2.75) is 82.2 Å². The summed E-state index contributed by atoms with van der Waals surface area (Å²) in [7, 11) is 0. The Hall–Kier alpha value is -2.21. The first-order valence-electron chi connectivity index (χ1n) is 10.8. The lowest BCUT2D eigenvalue weighted by Crippen LogP contribution is -2.42. The smallest absolute Gasteiger partial charge is 0.229 e. The minimum Gasteiger partial charge on any atom is -0.339 e. The van der Waals surface area contributed by atoms with Crippen molar-refractivity contribution in [3.05, 3.63) is 41.7 Å². The Morgan fingerprint density at radius 3 is 2.71 bits per heavy atom. The van der Waals surface area contributed by atoms with Crippen LogP contribution in [0.25, 0.3) is 10.9 Å². The van der Waals surface area contributed by atoms with Gasteiger partial charge in [0.2, 0.25) is 5.89 Å². The third kappa shape index (κ3) is 3.46. The van der Waals surface area contributed by atoms with Gasteiger partial charge in [-0.3, -0.25) is 5.10 Å². The molecular weight excluding hydrogens is 350 g/mol. The third-order valence-corrected chi connectivity index (χ3v) is 6.67. The summed E-state index contributed by atoms with van der Waals surface area (Å²) in [5, 5.41) is 16.7. The van der Waals surface area contributed by atoms with Crippen LogP contribution in [0.15, 0.2) is 28.9 Å². The zero-order chi connectivity index (χ0) is 18.8. The Morgan fingerprint density at radius 2 is 1.89 bits per heavy atom. The summed E-state index contributed by atoms with van der Waals surface area (Å²) >= 11 is 0. The van der Waals surface area contributed by atoms with Crippen LogP contribution >= 0.6 is 0 Å².